The maximum absolute atomic E-state index is 7.15. The minimum Gasteiger partial charge on any atom is -0.503 e. The predicted octanol–water partition coefficient (Wildman–Crippen LogP) is -0.925. The molecule has 0 heterocycles. The summed E-state index contributed by atoms with van der Waals surface area (Å²) in [6.45, 7) is 0. The normalized spacial score (nSPS) is 1.75. The van der Waals surface area contributed by atoms with Crippen molar-refractivity contribution >= 4 is 9.40 Å². The van der Waals surface area contributed by atoms with Crippen LogP contribution in [0.15, 0.2) is 0 Å². The van der Waals surface area contributed by atoms with Crippen molar-refractivity contribution in [3.63, 3.8) is 0 Å². The Labute approximate surface area is 45.2 Å². The summed E-state index contributed by atoms with van der Waals surface area (Å²) in [7, 11) is -0.917. The van der Waals surface area contributed by atoms with Crippen molar-refractivity contribution in [1.29, 1.82) is 4.89 Å². The maximum Gasteiger partial charge on any atom is 0.451 e. The van der Waals surface area contributed by atoms with Crippen molar-refractivity contribution in [2.75, 3.05) is 0 Å². The van der Waals surface area contributed by atoms with Gasteiger partial charge in [-0.3, -0.25) is 0 Å². The molecule has 4 heavy (non-hydrogen) atoms. The Hall–Kier alpha value is 0.597. The first-order valence-corrected chi connectivity index (χ1v) is 1.34. The summed E-state index contributed by atoms with van der Waals surface area (Å²) in [6.07, 6.45) is 0. The fourth-order valence-corrected chi connectivity index (χ4v) is 0. The Bertz CT molecular complexity index is 29.5. The summed E-state index contributed by atoms with van der Waals surface area (Å²) in [5.41, 5.74) is 0. The molecule has 20 valence electrons. The molecule has 0 rings (SSSR count). The van der Waals surface area contributed by atoms with E-state index in [4.69, 9.17) is 9.68 Å². The van der Waals surface area contributed by atoms with Crippen LogP contribution >= 0.6 is 0 Å². The van der Waals surface area contributed by atoms with E-state index in [1.165, 1.54) is 0 Å². The van der Waals surface area contributed by atoms with E-state index in [9.17, 15) is 0 Å². The Morgan fingerprint density at radius 2 is 1.75 bits per heavy atom. The van der Waals surface area contributed by atoms with Crippen molar-refractivity contribution in [2.45, 2.75) is 0 Å². The zero-order valence-corrected chi connectivity index (χ0v) is 6.49. The summed E-state index contributed by atoms with van der Waals surface area (Å²) in [6, 6.07) is 0. The molecule has 0 radical (unpaired) electrons. The molecule has 0 amide bonds. The molecule has 0 bridgehead atoms. The second-order valence-electron chi connectivity index (χ2n) is 0.100. The SMILES string of the molecule is N#[Si]O.[Hf]. The van der Waals surface area contributed by atoms with Gasteiger partial charge in [-0.2, -0.15) is 0 Å². The zero-order chi connectivity index (χ0) is 2.71. The van der Waals surface area contributed by atoms with Gasteiger partial charge in [0.25, 0.3) is 0 Å². The number of hydrogen-bond donors (Lipinski definition) is 1. The van der Waals surface area contributed by atoms with Crippen LogP contribution in [-0.4, -0.2) is 14.2 Å². The Kier molecular flexibility index (Phi) is 21.0. The first-order valence-electron chi connectivity index (χ1n) is 0.447. The molecule has 2 nitrogen and oxygen atoms in total. The van der Waals surface area contributed by atoms with Crippen LogP contribution < -0.4 is 0 Å². The molecule has 0 aromatic rings. The maximum atomic E-state index is 7.15. The van der Waals surface area contributed by atoms with Crippen LogP contribution in [0.3, 0.4) is 0 Å². The number of nitrogens with zero attached hydrogens (tertiary/aromatic N) is 1. The van der Waals surface area contributed by atoms with Crippen LogP contribution in [0.1, 0.15) is 0 Å². The molecule has 0 unspecified atom stereocenters. The summed E-state index contributed by atoms with van der Waals surface area (Å²) < 4.78 is 0. The molecule has 0 spiro atoms. The largest absolute Gasteiger partial charge is 0.503 e. The summed E-state index contributed by atoms with van der Waals surface area (Å²) in [4.78, 5) is 14.3. The third-order valence-electron chi connectivity index (χ3n) is 0. The molecule has 0 aliphatic rings. The van der Waals surface area contributed by atoms with Crippen LogP contribution in [0.2, 0.25) is 0 Å². The van der Waals surface area contributed by atoms with Gasteiger partial charge in [0.05, 0.1) is 0 Å². The molecular formula is HHfNOSi. The zero-order valence-electron chi connectivity index (χ0n) is 1.89. The third kappa shape index (κ3) is 18.6. The first-order chi connectivity index (χ1) is 1.41. The average molecular weight is 238 g/mol. The molecule has 0 aliphatic heterocycles. The van der Waals surface area contributed by atoms with Crippen molar-refractivity contribution < 1.29 is 30.6 Å². The van der Waals surface area contributed by atoms with Gasteiger partial charge in [-0.1, -0.05) is 0 Å². The topological polar surface area (TPSA) is 44.0 Å². The fraction of sp³-hybridized carbons (Fsp3) is 0. The third-order valence-corrected chi connectivity index (χ3v) is 0. The monoisotopic (exact) mass is 239 g/mol. The van der Waals surface area contributed by atoms with Gasteiger partial charge in [0, 0.05) is 25.8 Å². The van der Waals surface area contributed by atoms with E-state index in [0.717, 1.165) is 0 Å². The van der Waals surface area contributed by atoms with E-state index in [-0.39, 0.29) is 25.8 Å². The minimum absolute atomic E-state index is 0. The van der Waals surface area contributed by atoms with Gasteiger partial charge >= 0.3 is 9.40 Å². The van der Waals surface area contributed by atoms with Crippen LogP contribution in [0.5, 0.6) is 0 Å². The van der Waals surface area contributed by atoms with Crippen LogP contribution in [0, 0.1) is 4.89 Å². The number of rotatable bonds is 0. The van der Waals surface area contributed by atoms with E-state index < -0.39 is 9.40 Å². The molecule has 0 aliphatic carbocycles. The van der Waals surface area contributed by atoms with Gasteiger partial charge < -0.3 is 4.80 Å². The van der Waals surface area contributed by atoms with Gasteiger partial charge in [0.1, 0.15) is 0 Å². The molecule has 1 N–H and O–H groups in total. The average Bonchev–Trinajstić information content (AvgIpc) is 0.918. The molecular weight excluding hydrogens is 237 g/mol. The minimum atomic E-state index is -0.917. The van der Waals surface area contributed by atoms with E-state index in [1.54, 1.807) is 0 Å². The van der Waals surface area contributed by atoms with Crippen molar-refractivity contribution in [3.05, 3.63) is 0 Å². The number of hydrogen-bond acceptors (Lipinski definition) is 2. The quantitative estimate of drug-likeness (QED) is 0.554. The molecule has 4 heteroatoms. The van der Waals surface area contributed by atoms with E-state index >= 15 is 0 Å². The van der Waals surface area contributed by atoms with E-state index in [0.29, 0.717) is 0 Å². The Morgan fingerprint density at radius 1 is 1.75 bits per heavy atom. The van der Waals surface area contributed by atoms with Gasteiger partial charge in [-0.05, 0) is 0 Å². The standard InChI is InChI=1S/Hf.HNOSi/c;1-3-2/h;2H. The van der Waals surface area contributed by atoms with E-state index in [1.807, 2.05) is 0 Å². The van der Waals surface area contributed by atoms with Gasteiger partial charge in [0.2, 0.25) is 0 Å². The van der Waals surface area contributed by atoms with Crippen molar-refractivity contribution in [3.8, 4) is 0 Å². The Balaban J connectivity index is 0. The fourth-order valence-electron chi connectivity index (χ4n) is 0. The van der Waals surface area contributed by atoms with Crippen LogP contribution in [0.4, 0.5) is 0 Å². The molecule has 0 aromatic carbocycles. The molecule has 0 saturated heterocycles. The summed E-state index contributed by atoms with van der Waals surface area (Å²) in [5.74, 6) is 0. The van der Waals surface area contributed by atoms with Gasteiger partial charge in [-0.25, -0.2) is 4.89 Å². The van der Waals surface area contributed by atoms with Crippen molar-refractivity contribution in [1.82, 2.24) is 0 Å². The van der Waals surface area contributed by atoms with Crippen LogP contribution in [-0.2, 0) is 25.8 Å². The summed E-state index contributed by atoms with van der Waals surface area (Å²) >= 11 is 0. The smallest absolute Gasteiger partial charge is 0.451 e. The van der Waals surface area contributed by atoms with Gasteiger partial charge in [0.15, 0.2) is 0 Å². The van der Waals surface area contributed by atoms with Crippen LogP contribution in [0.25, 0.3) is 0 Å². The first kappa shape index (κ1) is 8.82. The second kappa shape index (κ2) is 9.51. The molecule has 0 fully saturated rings. The molecule has 0 atom stereocenters. The van der Waals surface area contributed by atoms with Gasteiger partial charge in [-0.15, -0.1) is 0 Å². The molecule has 0 aromatic heterocycles. The molecule has 0 saturated carbocycles. The summed E-state index contributed by atoms with van der Waals surface area (Å²) in [5, 5.41) is 0. The Morgan fingerprint density at radius 3 is 1.75 bits per heavy atom. The second-order valence-corrected chi connectivity index (χ2v) is 0.300. The predicted molar refractivity (Wildman–Crippen MR) is 9.70 cm³/mol. The van der Waals surface area contributed by atoms with E-state index in [2.05, 4.69) is 0 Å². The van der Waals surface area contributed by atoms with Crippen molar-refractivity contribution in [2.24, 2.45) is 0 Å².